The lowest BCUT2D eigenvalue weighted by atomic mass is 10.1. The molecule has 1 fully saturated rings. The van der Waals surface area contributed by atoms with Gasteiger partial charge in [0.1, 0.15) is 5.76 Å². The first-order valence-electron chi connectivity index (χ1n) is 9.51. The Bertz CT molecular complexity index is 1080. The maximum absolute atomic E-state index is 12.3. The first-order valence-corrected chi connectivity index (χ1v) is 11.3. The van der Waals surface area contributed by atoms with Crippen molar-refractivity contribution in [3.8, 4) is 0 Å². The van der Waals surface area contributed by atoms with E-state index in [1.807, 2.05) is 32.9 Å². The first kappa shape index (κ1) is 20.5. The summed E-state index contributed by atoms with van der Waals surface area (Å²) in [6, 6.07) is 5.75. The van der Waals surface area contributed by atoms with E-state index in [9.17, 15) is 9.59 Å². The maximum Gasteiger partial charge on any atom is 0.279 e. The predicted molar refractivity (Wildman–Crippen MR) is 116 cm³/mol. The summed E-state index contributed by atoms with van der Waals surface area (Å²) in [6.07, 6.45) is 2.15. The monoisotopic (exact) mass is 443 g/mol. The highest BCUT2D eigenvalue weighted by Crippen LogP contribution is 2.40. The summed E-state index contributed by atoms with van der Waals surface area (Å²) >= 11 is 2.48. The molecule has 3 aromatic rings. The molecule has 30 heavy (non-hydrogen) atoms. The van der Waals surface area contributed by atoms with Gasteiger partial charge in [0.2, 0.25) is 11.0 Å². The van der Waals surface area contributed by atoms with Crippen LogP contribution in [0.25, 0.3) is 0 Å². The lowest BCUT2D eigenvalue weighted by Crippen LogP contribution is -2.15. The molecule has 10 heteroatoms. The van der Waals surface area contributed by atoms with Crippen molar-refractivity contribution >= 4 is 45.7 Å². The molecule has 4 rings (SSSR count). The molecule has 156 valence electrons. The van der Waals surface area contributed by atoms with Gasteiger partial charge in [-0.3, -0.25) is 14.9 Å². The number of hydrogen-bond acceptors (Lipinski definition) is 8. The van der Waals surface area contributed by atoms with Crippen LogP contribution in [0.15, 0.2) is 27.1 Å². The van der Waals surface area contributed by atoms with E-state index in [1.54, 1.807) is 6.07 Å². The number of anilines is 2. The summed E-state index contributed by atoms with van der Waals surface area (Å²) in [5.74, 6) is 0.831. The number of benzene rings is 1. The molecule has 2 aromatic heterocycles. The van der Waals surface area contributed by atoms with Crippen LogP contribution >= 0.6 is 23.1 Å². The second kappa shape index (κ2) is 8.57. The van der Waals surface area contributed by atoms with Gasteiger partial charge >= 0.3 is 0 Å². The second-order valence-electron chi connectivity index (χ2n) is 7.33. The smallest absolute Gasteiger partial charge is 0.279 e. The van der Waals surface area contributed by atoms with Crippen LogP contribution in [-0.2, 0) is 4.79 Å². The minimum atomic E-state index is -0.388. The molecule has 0 saturated heterocycles. The second-order valence-corrected chi connectivity index (χ2v) is 9.53. The van der Waals surface area contributed by atoms with Crippen molar-refractivity contribution in [3.05, 3.63) is 46.3 Å². The highest BCUT2D eigenvalue weighted by molar-refractivity contribution is 8.01. The first-order chi connectivity index (χ1) is 14.4. The Balaban J connectivity index is 1.30. The van der Waals surface area contributed by atoms with Crippen LogP contribution in [0.3, 0.4) is 0 Å². The molecule has 2 N–H and O–H groups in total. The Kier molecular flexibility index (Phi) is 5.87. The largest absolute Gasteiger partial charge is 0.360 e. The van der Waals surface area contributed by atoms with Crippen molar-refractivity contribution in [2.75, 3.05) is 16.4 Å². The number of nitrogens with zero attached hydrogens (tertiary/aromatic N) is 3. The molecule has 1 saturated carbocycles. The van der Waals surface area contributed by atoms with Gasteiger partial charge in [0.05, 0.1) is 5.75 Å². The van der Waals surface area contributed by atoms with E-state index in [-0.39, 0.29) is 23.3 Å². The number of aromatic nitrogens is 3. The number of amides is 2. The Morgan fingerprint density at radius 3 is 2.57 bits per heavy atom. The van der Waals surface area contributed by atoms with E-state index in [1.165, 1.54) is 23.1 Å². The average Bonchev–Trinajstić information content (AvgIpc) is 3.24. The van der Waals surface area contributed by atoms with E-state index in [4.69, 9.17) is 4.52 Å². The third-order valence-corrected chi connectivity index (χ3v) is 6.61. The van der Waals surface area contributed by atoms with Crippen LogP contribution in [0.2, 0.25) is 0 Å². The number of hydrogen-bond donors (Lipinski definition) is 2. The van der Waals surface area contributed by atoms with Crippen molar-refractivity contribution in [2.24, 2.45) is 0 Å². The summed E-state index contributed by atoms with van der Waals surface area (Å²) in [4.78, 5) is 24.6. The van der Waals surface area contributed by atoms with Gasteiger partial charge in [-0.15, -0.1) is 10.2 Å². The van der Waals surface area contributed by atoms with Gasteiger partial charge < -0.3 is 9.84 Å². The molecule has 0 bridgehead atoms. The summed E-state index contributed by atoms with van der Waals surface area (Å²) in [6.45, 7) is 5.98. The van der Waals surface area contributed by atoms with Crippen LogP contribution in [-0.4, -0.2) is 32.9 Å². The topological polar surface area (TPSA) is 110 Å². The molecule has 0 aliphatic heterocycles. The molecular weight excluding hydrogens is 422 g/mol. The highest BCUT2D eigenvalue weighted by Gasteiger charge is 2.29. The van der Waals surface area contributed by atoms with Gasteiger partial charge in [-0.1, -0.05) is 46.0 Å². The van der Waals surface area contributed by atoms with Gasteiger partial charge in [-0.25, -0.2) is 0 Å². The number of aryl methyl sites for hydroxylation is 3. The Hall–Kier alpha value is -2.72. The lowest BCUT2D eigenvalue weighted by molar-refractivity contribution is -0.113. The van der Waals surface area contributed by atoms with Crippen LogP contribution < -0.4 is 10.6 Å². The van der Waals surface area contributed by atoms with E-state index in [0.29, 0.717) is 15.4 Å². The summed E-state index contributed by atoms with van der Waals surface area (Å²) < 4.78 is 5.79. The predicted octanol–water partition coefficient (Wildman–Crippen LogP) is 4.31. The molecule has 1 aromatic carbocycles. The highest BCUT2D eigenvalue weighted by atomic mass is 32.2. The standard InChI is InChI=1S/C20H21N5O3S2/c1-10-6-11(2)17(12(3)7-10)21-16(26)9-29-20-24-23-19(30-20)22-18(27)14-8-15(28-25-14)13-4-5-13/h6-8,13H,4-5,9H2,1-3H3,(H,21,26)(H,22,23,27). The van der Waals surface area contributed by atoms with Gasteiger partial charge in [-0.2, -0.15) is 0 Å². The molecule has 0 spiro atoms. The lowest BCUT2D eigenvalue weighted by Gasteiger charge is -2.12. The number of carbonyl (C=O) groups excluding carboxylic acids is 2. The minimum Gasteiger partial charge on any atom is -0.360 e. The van der Waals surface area contributed by atoms with E-state index in [0.717, 1.165) is 41.0 Å². The van der Waals surface area contributed by atoms with Gasteiger partial charge in [0.25, 0.3) is 5.91 Å². The zero-order valence-corrected chi connectivity index (χ0v) is 18.4. The quantitative estimate of drug-likeness (QED) is 0.413. The molecule has 0 unspecified atom stereocenters. The third-order valence-electron chi connectivity index (χ3n) is 4.64. The van der Waals surface area contributed by atoms with E-state index >= 15 is 0 Å². The molecule has 8 nitrogen and oxygen atoms in total. The molecule has 1 aliphatic rings. The number of rotatable bonds is 7. The van der Waals surface area contributed by atoms with Crippen molar-refractivity contribution in [1.82, 2.24) is 15.4 Å². The Morgan fingerprint density at radius 2 is 1.87 bits per heavy atom. The van der Waals surface area contributed by atoms with Crippen molar-refractivity contribution in [1.29, 1.82) is 0 Å². The van der Waals surface area contributed by atoms with Crippen LogP contribution in [0.4, 0.5) is 10.8 Å². The Morgan fingerprint density at radius 1 is 1.13 bits per heavy atom. The fourth-order valence-corrected chi connectivity index (χ4v) is 4.66. The molecule has 0 radical (unpaired) electrons. The number of nitrogens with one attached hydrogen (secondary N) is 2. The molecule has 0 atom stereocenters. The fraction of sp³-hybridized carbons (Fsp3) is 0.350. The normalized spacial score (nSPS) is 13.3. The van der Waals surface area contributed by atoms with Crippen LogP contribution in [0.5, 0.6) is 0 Å². The van der Waals surface area contributed by atoms with Crippen molar-refractivity contribution in [2.45, 2.75) is 43.9 Å². The summed E-state index contributed by atoms with van der Waals surface area (Å²) in [7, 11) is 0. The van der Waals surface area contributed by atoms with E-state index < -0.39 is 0 Å². The molecular formula is C20H21N5O3S2. The van der Waals surface area contributed by atoms with Crippen molar-refractivity contribution < 1.29 is 14.1 Å². The van der Waals surface area contributed by atoms with Crippen molar-refractivity contribution in [3.63, 3.8) is 0 Å². The van der Waals surface area contributed by atoms with Crippen LogP contribution in [0, 0.1) is 20.8 Å². The molecule has 2 amide bonds. The number of thioether (sulfide) groups is 1. The zero-order valence-electron chi connectivity index (χ0n) is 16.8. The van der Waals surface area contributed by atoms with E-state index in [2.05, 4.69) is 26.0 Å². The molecule has 2 heterocycles. The summed E-state index contributed by atoms with van der Waals surface area (Å²) in [5, 5.41) is 17.8. The summed E-state index contributed by atoms with van der Waals surface area (Å²) in [5.41, 5.74) is 4.29. The van der Waals surface area contributed by atoms with Gasteiger partial charge in [-0.05, 0) is 44.7 Å². The maximum atomic E-state index is 12.3. The molecule has 1 aliphatic carbocycles. The third kappa shape index (κ3) is 4.88. The van der Waals surface area contributed by atoms with Gasteiger partial charge in [0, 0.05) is 17.7 Å². The minimum absolute atomic E-state index is 0.119. The number of carbonyl (C=O) groups is 2. The Labute approximate surface area is 181 Å². The van der Waals surface area contributed by atoms with Gasteiger partial charge in [0.15, 0.2) is 10.0 Å². The van der Waals surface area contributed by atoms with Crippen LogP contribution in [0.1, 0.15) is 51.7 Å². The fourth-order valence-electron chi connectivity index (χ4n) is 3.12. The average molecular weight is 444 g/mol. The zero-order chi connectivity index (χ0) is 21.3. The SMILES string of the molecule is Cc1cc(C)c(NC(=O)CSc2nnc(NC(=O)c3cc(C4CC4)on3)s2)c(C)c1.